The fourth-order valence-corrected chi connectivity index (χ4v) is 1.87. The highest BCUT2D eigenvalue weighted by molar-refractivity contribution is 5.84. The molecule has 0 aliphatic heterocycles. The van der Waals surface area contributed by atoms with E-state index in [0.29, 0.717) is 6.04 Å². The molecular formula is C12H27N3O. The van der Waals surface area contributed by atoms with Crippen molar-refractivity contribution in [1.82, 2.24) is 10.2 Å². The maximum Gasteiger partial charge on any atom is 0.237 e. The van der Waals surface area contributed by atoms with E-state index in [4.69, 9.17) is 5.73 Å². The first-order valence-corrected chi connectivity index (χ1v) is 6.10. The molecule has 0 fully saturated rings. The Kier molecular flexibility index (Phi) is 6.60. The van der Waals surface area contributed by atoms with Gasteiger partial charge in [0.15, 0.2) is 0 Å². The highest BCUT2D eigenvalue weighted by Crippen LogP contribution is 2.12. The SMILES string of the molecule is CCC(CC)N(C)CCC(C)(NC)C(N)=O. The first-order chi connectivity index (χ1) is 7.41. The Balaban J connectivity index is 4.26. The number of nitrogens with zero attached hydrogens (tertiary/aromatic N) is 1. The number of nitrogens with two attached hydrogens (primary N) is 1. The standard InChI is InChI=1S/C12H27N3O/c1-6-10(7-2)15(5)9-8-12(3,14-4)11(13)16/h10,14H,6-9H2,1-5H3,(H2,13,16). The first-order valence-electron chi connectivity index (χ1n) is 6.10. The van der Waals surface area contributed by atoms with Gasteiger partial charge in [0.25, 0.3) is 0 Å². The smallest absolute Gasteiger partial charge is 0.237 e. The third-order valence-corrected chi connectivity index (χ3v) is 3.63. The van der Waals surface area contributed by atoms with E-state index in [1.807, 2.05) is 6.92 Å². The molecule has 0 rings (SSSR count). The Morgan fingerprint density at radius 2 is 1.94 bits per heavy atom. The molecule has 96 valence electrons. The van der Waals surface area contributed by atoms with Gasteiger partial charge >= 0.3 is 0 Å². The molecule has 0 aliphatic carbocycles. The Morgan fingerprint density at radius 3 is 2.25 bits per heavy atom. The molecule has 0 bridgehead atoms. The van der Waals surface area contributed by atoms with Gasteiger partial charge in [0.2, 0.25) is 5.91 Å². The molecule has 4 heteroatoms. The lowest BCUT2D eigenvalue weighted by Gasteiger charge is -2.31. The molecule has 0 aromatic heterocycles. The van der Waals surface area contributed by atoms with Gasteiger partial charge in [-0.05, 0) is 40.3 Å². The number of likely N-dealkylation sites (N-methyl/N-ethyl adjacent to an activating group) is 1. The predicted octanol–water partition coefficient (Wildman–Crippen LogP) is 0.960. The molecule has 4 nitrogen and oxygen atoms in total. The van der Waals surface area contributed by atoms with Crippen molar-refractivity contribution in [2.45, 2.75) is 51.6 Å². The fourth-order valence-electron chi connectivity index (χ4n) is 1.87. The molecule has 1 atom stereocenters. The van der Waals surface area contributed by atoms with Gasteiger partial charge in [-0.3, -0.25) is 4.79 Å². The Morgan fingerprint density at radius 1 is 1.44 bits per heavy atom. The van der Waals surface area contributed by atoms with Crippen LogP contribution in [0.2, 0.25) is 0 Å². The van der Waals surface area contributed by atoms with Crippen molar-refractivity contribution >= 4 is 5.91 Å². The van der Waals surface area contributed by atoms with Gasteiger partial charge in [0.05, 0.1) is 5.54 Å². The molecule has 0 heterocycles. The lowest BCUT2D eigenvalue weighted by Crippen LogP contribution is -2.53. The van der Waals surface area contributed by atoms with Gasteiger partial charge in [-0.1, -0.05) is 13.8 Å². The van der Waals surface area contributed by atoms with Crippen molar-refractivity contribution in [2.24, 2.45) is 5.73 Å². The maximum absolute atomic E-state index is 11.3. The van der Waals surface area contributed by atoms with E-state index < -0.39 is 5.54 Å². The Bertz CT molecular complexity index is 216. The van der Waals surface area contributed by atoms with Gasteiger partial charge in [-0.25, -0.2) is 0 Å². The van der Waals surface area contributed by atoms with Crippen LogP contribution < -0.4 is 11.1 Å². The van der Waals surface area contributed by atoms with Crippen LogP contribution >= 0.6 is 0 Å². The minimum absolute atomic E-state index is 0.284. The van der Waals surface area contributed by atoms with E-state index in [1.165, 1.54) is 0 Å². The largest absolute Gasteiger partial charge is 0.368 e. The van der Waals surface area contributed by atoms with Crippen LogP contribution in [0.15, 0.2) is 0 Å². The van der Waals surface area contributed by atoms with Crippen LogP contribution in [0, 0.1) is 0 Å². The zero-order valence-electron chi connectivity index (χ0n) is 11.3. The van der Waals surface area contributed by atoms with Crippen LogP contribution in [0.3, 0.4) is 0 Å². The summed E-state index contributed by atoms with van der Waals surface area (Å²) in [6.45, 7) is 7.12. The average Bonchev–Trinajstić information content (AvgIpc) is 2.27. The van der Waals surface area contributed by atoms with Crippen LogP contribution in [0.5, 0.6) is 0 Å². The fraction of sp³-hybridized carbons (Fsp3) is 0.917. The number of carbonyl (C=O) groups is 1. The molecule has 0 aromatic carbocycles. The van der Waals surface area contributed by atoms with E-state index in [-0.39, 0.29) is 5.91 Å². The second kappa shape index (κ2) is 6.86. The van der Waals surface area contributed by atoms with Crippen LogP contribution in [-0.4, -0.2) is 43.0 Å². The summed E-state index contributed by atoms with van der Waals surface area (Å²) in [6.07, 6.45) is 3.02. The van der Waals surface area contributed by atoms with Crippen LogP contribution in [0.25, 0.3) is 0 Å². The van der Waals surface area contributed by atoms with E-state index in [0.717, 1.165) is 25.8 Å². The van der Waals surface area contributed by atoms with Crippen molar-refractivity contribution in [3.63, 3.8) is 0 Å². The zero-order chi connectivity index (χ0) is 12.8. The molecule has 16 heavy (non-hydrogen) atoms. The first kappa shape index (κ1) is 15.4. The van der Waals surface area contributed by atoms with Crippen molar-refractivity contribution in [3.05, 3.63) is 0 Å². The number of amides is 1. The molecule has 0 aromatic rings. The minimum atomic E-state index is -0.597. The number of primary amides is 1. The topological polar surface area (TPSA) is 58.4 Å². The van der Waals surface area contributed by atoms with Crippen molar-refractivity contribution < 1.29 is 4.79 Å². The predicted molar refractivity (Wildman–Crippen MR) is 68.3 cm³/mol. The number of nitrogens with one attached hydrogen (secondary N) is 1. The van der Waals surface area contributed by atoms with Gasteiger partial charge in [0, 0.05) is 12.6 Å². The van der Waals surface area contributed by atoms with Crippen molar-refractivity contribution in [3.8, 4) is 0 Å². The number of carbonyl (C=O) groups excluding carboxylic acids is 1. The molecule has 1 amide bonds. The molecule has 0 spiro atoms. The quantitative estimate of drug-likeness (QED) is 0.652. The number of rotatable bonds is 8. The lowest BCUT2D eigenvalue weighted by molar-refractivity contribution is -0.124. The summed E-state index contributed by atoms with van der Waals surface area (Å²) in [5.74, 6) is -0.284. The molecule has 0 saturated carbocycles. The summed E-state index contributed by atoms with van der Waals surface area (Å²) in [7, 11) is 3.89. The van der Waals surface area contributed by atoms with Crippen molar-refractivity contribution in [1.29, 1.82) is 0 Å². The van der Waals surface area contributed by atoms with Crippen LogP contribution in [0.1, 0.15) is 40.0 Å². The molecule has 3 N–H and O–H groups in total. The summed E-state index contributed by atoms with van der Waals surface area (Å²) >= 11 is 0. The Hall–Kier alpha value is -0.610. The highest BCUT2D eigenvalue weighted by atomic mass is 16.1. The third-order valence-electron chi connectivity index (χ3n) is 3.63. The molecule has 0 saturated heterocycles. The summed E-state index contributed by atoms with van der Waals surface area (Å²) in [5, 5.41) is 3.01. The van der Waals surface area contributed by atoms with Gasteiger partial charge in [-0.15, -0.1) is 0 Å². The summed E-state index contributed by atoms with van der Waals surface area (Å²) in [6, 6.07) is 0.592. The van der Waals surface area contributed by atoms with Crippen LogP contribution in [0.4, 0.5) is 0 Å². The normalized spacial score (nSPS) is 15.4. The van der Waals surface area contributed by atoms with Gasteiger partial charge in [-0.2, -0.15) is 0 Å². The summed E-state index contributed by atoms with van der Waals surface area (Å²) in [4.78, 5) is 13.6. The summed E-state index contributed by atoms with van der Waals surface area (Å²) in [5.41, 5.74) is 4.79. The van der Waals surface area contributed by atoms with Crippen LogP contribution in [-0.2, 0) is 4.79 Å². The Labute approximate surface area is 99.6 Å². The minimum Gasteiger partial charge on any atom is -0.368 e. The summed E-state index contributed by atoms with van der Waals surface area (Å²) < 4.78 is 0. The molecule has 0 aliphatic rings. The van der Waals surface area contributed by atoms with E-state index in [2.05, 4.69) is 31.1 Å². The number of hydrogen-bond donors (Lipinski definition) is 2. The van der Waals surface area contributed by atoms with E-state index in [1.54, 1.807) is 7.05 Å². The molecular weight excluding hydrogens is 202 g/mol. The second-order valence-electron chi connectivity index (χ2n) is 4.65. The second-order valence-corrected chi connectivity index (χ2v) is 4.65. The molecule has 0 radical (unpaired) electrons. The van der Waals surface area contributed by atoms with E-state index in [9.17, 15) is 4.79 Å². The lowest BCUT2D eigenvalue weighted by atomic mass is 9.96. The number of hydrogen-bond acceptors (Lipinski definition) is 3. The molecule has 1 unspecified atom stereocenters. The maximum atomic E-state index is 11.3. The van der Waals surface area contributed by atoms with Gasteiger partial charge < -0.3 is 16.0 Å². The van der Waals surface area contributed by atoms with Gasteiger partial charge in [0.1, 0.15) is 0 Å². The zero-order valence-corrected chi connectivity index (χ0v) is 11.3. The van der Waals surface area contributed by atoms with Crippen molar-refractivity contribution in [2.75, 3.05) is 20.6 Å². The highest BCUT2D eigenvalue weighted by Gasteiger charge is 2.29. The van der Waals surface area contributed by atoms with E-state index >= 15 is 0 Å². The average molecular weight is 229 g/mol. The monoisotopic (exact) mass is 229 g/mol. The third kappa shape index (κ3) is 4.10.